The number of aryl methyl sites for hydroxylation is 1. The van der Waals surface area contributed by atoms with Crippen LogP contribution in [0, 0.1) is 13.8 Å². The molecule has 20 heavy (non-hydrogen) atoms. The third-order valence-corrected chi connectivity index (χ3v) is 4.48. The van der Waals surface area contributed by atoms with E-state index in [9.17, 15) is 0 Å². The quantitative estimate of drug-likeness (QED) is 0.747. The monoisotopic (exact) mass is 266 g/mol. The molecule has 1 aliphatic heterocycles. The lowest BCUT2D eigenvalue weighted by Gasteiger charge is -2.12. The summed E-state index contributed by atoms with van der Waals surface area (Å²) in [5.74, 6) is 2.06. The molecule has 0 spiro atoms. The van der Waals surface area contributed by atoms with Crippen molar-refractivity contribution >= 4 is 0 Å². The van der Waals surface area contributed by atoms with E-state index in [0.29, 0.717) is 11.8 Å². The van der Waals surface area contributed by atoms with Crippen LogP contribution < -0.4 is 4.74 Å². The molecule has 0 unspecified atom stereocenters. The van der Waals surface area contributed by atoms with Gasteiger partial charge in [0.2, 0.25) is 0 Å². The second-order valence-corrected chi connectivity index (χ2v) is 6.11. The van der Waals surface area contributed by atoms with Crippen molar-refractivity contribution in [2.24, 2.45) is 0 Å². The zero-order valence-electron chi connectivity index (χ0n) is 12.7. The normalized spacial score (nSPS) is 17.1. The molecule has 0 aromatic heterocycles. The van der Waals surface area contributed by atoms with Gasteiger partial charge in [0.15, 0.2) is 0 Å². The van der Waals surface area contributed by atoms with Gasteiger partial charge in [0.05, 0.1) is 6.61 Å². The van der Waals surface area contributed by atoms with Gasteiger partial charge in [-0.2, -0.15) is 0 Å². The molecule has 0 N–H and O–H groups in total. The predicted octanol–water partition coefficient (Wildman–Crippen LogP) is 4.95. The van der Waals surface area contributed by atoms with E-state index in [4.69, 9.17) is 4.74 Å². The molecule has 0 aliphatic carbocycles. The second kappa shape index (κ2) is 4.97. The fraction of sp³-hybridized carbons (Fsp3) is 0.368. The summed E-state index contributed by atoms with van der Waals surface area (Å²) in [7, 11) is 0. The van der Waals surface area contributed by atoms with Crippen molar-refractivity contribution < 1.29 is 4.74 Å². The van der Waals surface area contributed by atoms with E-state index >= 15 is 0 Å². The van der Waals surface area contributed by atoms with Gasteiger partial charge in [-0.25, -0.2) is 0 Å². The van der Waals surface area contributed by atoms with E-state index in [0.717, 1.165) is 12.4 Å². The van der Waals surface area contributed by atoms with Crippen LogP contribution in [0.4, 0.5) is 0 Å². The lowest BCUT2D eigenvalue weighted by molar-refractivity contribution is 0.341. The topological polar surface area (TPSA) is 9.23 Å². The smallest absolute Gasteiger partial charge is 0.126 e. The summed E-state index contributed by atoms with van der Waals surface area (Å²) in [4.78, 5) is 0. The lowest BCUT2D eigenvalue weighted by atomic mass is 9.90. The molecule has 1 heterocycles. The largest absolute Gasteiger partial charge is 0.492 e. The van der Waals surface area contributed by atoms with E-state index < -0.39 is 0 Å². The van der Waals surface area contributed by atoms with Crippen LogP contribution in [0.25, 0.3) is 0 Å². The molecule has 2 aromatic rings. The Balaban J connectivity index is 1.97. The molecule has 2 aromatic carbocycles. The number of hydrogen-bond donors (Lipinski definition) is 0. The van der Waals surface area contributed by atoms with Gasteiger partial charge in [0, 0.05) is 11.5 Å². The van der Waals surface area contributed by atoms with Crippen molar-refractivity contribution in [2.75, 3.05) is 6.61 Å². The Labute approximate surface area is 121 Å². The molecule has 0 fully saturated rings. The van der Waals surface area contributed by atoms with E-state index in [2.05, 4.69) is 64.1 Å². The third kappa shape index (κ3) is 2.11. The standard InChI is InChI=1S/C19H22O/c1-12(2)15-6-8-16(9-7-15)18-11-20-19-14(4)13(3)5-10-17(18)19/h5-10,12,18H,11H2,1-4H3/t18-/m1/s1. The molecule has 3 rings (SSSR count). The van der Waals surface area contributed by atoms with Crippen LogP contribution in [-0.4, -0.2) is 6.61 Å². The highest BCUT2D eigenvalue weighted by molar-refractivity contribution is 5.52. The Morgan fingerprint density at radius 1 is 1.00 bits per heavy atom. The Kier molecular flexibility index (Phi) is 3.29. The summed E-state index contributed by atoms with van der Waals surface area (Å²) in [6.45, 7) is 9.52. The Bertz CT molecular complexity index is 623. The maximum atomic E-state index is 5.95. The fourth-order valence-electron chi connectivity index (χ4n) is 2.92. The van der Waals surface area contributed by atoms with Gasteiger partial charge in [-0.15, -0.1) is 0 Å². The highest BCUT2D eigenvalue weighted by Crippen LogP contribution is 2.41. The third-order valence-electron chi connectivity index (χ3n) is 4.48. The van der Waals surface area contributed by atoms with Crippen LogP contribution in [0.1, 0.15) is 53.5 Å². The number of benzene rings is 2. The summed E-state index contributed by atoms with van der Waals surface area (Å²) >= 11 is 0. The molecule has 0 radical (unpaired) electrons. The van der Waals surface area contributed by atoms with Crippen molar-refractivity contribution in [3.05, 3.63) is 64.2 Å². The zero-order chi connectivity index (χ0) is 14.3. The van der Waals surface area contributed by atoms with Crippen molar-refractivity contribution in [1.29, 1.82) is 0 Å². The van der Waals surface area contributed by atoms with Crippen molar-refractivity contribution in [3.8, 4) is 5.75 Å². The first kappa shape index (κ1) is 13.2. The summed E-state index contributed by atoms with van der Waals surface area (Å²) < 4.78 is 5.95. The minimum absolute atomic E-state index is 0.380. The molecule has 104 valence electrons. The average molecular weight is 266 g/mol. The molecule has 1 atom stereocenters. The first-order valence-corrected chi connectivity index (χ1v) is 7.40. The highest BCUT2D eigenvalue weighted by atomic mass is 16.5. The number of hydrogen-bond acceptors (Lipinski definition) is 1. The van der Waals surface area contributed by atoms with Crippen LogP contribution in [0.2, 0.25) is 0 Å². The van der Waals surface area contributed by atoms with Crippen molar-refractivity contribution in [2.45, 2.75) is 39.5 Å². The van der Waals surface area contributed by atoms with Gasteiger partial charge in [0.1, 0.15) is 5.75 Å². The van der Waals surface area contributed by atoms with E-state index in [1.165, 1.54) is 27.8 Å². The molecule has 1 nitrogen and oxygen atoms in total. The molecular weight excluding hydrogens is 244 g/mol. The lowest BCUT2D eigenvalue weighted by Crippen LogP contribution is -2.02. The van der Waals surface area contributed by atoms with Crippen LogP contribution in [-0.2, 0) is 0 Å². The average Bonchev–Trinajstić information content (AvgIpc) is 2.87. The Morgan fingerprint density at radius 3 is 2.35 bits per heavy atom. The first-order chi connectivity index (χ1) is 9.58. The SMILES string of the molecule is Cc1ccc2c(c1C)OC[C@@H]2c1ccc(C(C)C)cc1. The van der Waals surface area contributed by atoms with Crippen LogP contribution in [0.3, 0.4) is 0 Å². The summed E-state index contributed by atoms with van der Waals surface area (Å²) in [5, 5.41) is 0. The highest BCUT2D eigenvalue weighted by Gasteiger charge is 2.27. The minimum atomic E-state index is 0.380. The number of ether oxygens (including phenoxy) is 1. The summed E-state index contributed by atoms with van der Waals surface area (Å²) in [5.41, 5.74) is 6.68. The Morgan fingerprint density at radius 2 is 1.70 bits per heavy atom. The maximum absolute atomic E-state index is 5.95. The van der Waals surface area contributed by atoms with Gasteiger partial charge in [-0.05, 0) is 42.0 Å². The van der Waals surface area contributed by atoms with Crippen LogP contribution >= 0.6 is 0 Å². The molecule has 0 amide bonds. The molecular formula is C19H22O. The summed E-state index contributed by atoms with van der Waals surface area (Å²) in [6, 6.07) is 13.4. The summed E-state index contributed by atoms with van der Waals surface area (Å²) in [6.07, 6.45) is 0. The number of fused-ring (bicyclic) bond motifs is 1. The van der Waals surface area contributed by atoms with Crippen molar-refractivity contribution in [1.82, 2.24) is 0 Å². The first-order valence-electron chi connectivity index (χ1n) is 7.40. The van der Waals surface area contributed by atoms with Gasteiger partial charge >= 0.3 is 0 Å². The van der Waals surface area contributed by atoms with Crippen LogP contribution in [0.5, 0.6) is 5.75 Å². The molecule has 1 aliphatic rings. The molecule has 0 bridgehead atoms. The van der Waals surface area contributed by atoms with E-state index in [1.54, 1.807) is 0 Å². The van der Waals surface area contributed by atoms with Gasteiger partial charge in [0.25, 0.3) is 0 Å². The second-order valence-electron chi connectivity index (χ2n) is 6.11. The molecule has 0 saturated heterocycles. The molecule has 0 saturated carbocycles. The van der Waals surface area contributed by atoms with Gasteiger partial charge in [-0.1, -0.05) is 50.2 Å². The van der Waals surface area contributed by atoms with E-state index in [1.807, 2.05) is 0 Å². The number of rotatable bonds is 2. The van der Waals surface area contributed by atoms with Gasteiger partial charge in [-0.3, -0.25) is 0 Å². The predicted molar refractivity (Wildman–Crippen MR) is 83.8 cm³/mol. The van der Waals surface area contributed by atoms with Crippen LogP contribution in [0.15, 0.2) is 36.4 Å². The minimum Gasteiger partial charge on any atom is -0.492 e. The zero-order valence-corrected chi connectivity index (χ0v) is 12.7. The maximum Gasteiger partial charge on any atom is 0.126 e. The fourth-order valence-corrected chi connectivity index (χ4v) is 2.92. The Hall–Kier alpha value is -1.76. The van der Waals surface area contributed by atoms with E-state index in [-0.39, 0.29) is 0 Å². The van der Waals surface area contributed by atoms with Gasteiger partial charge < -0.3 is 4.74 Å². The van der Waals surface area contributed by atoms with Crippen molar-refractivity contribution in [3.63, 3.8) is 0 Å². The molecule has 1 heteroatoms.